The van der Waals surface area contributed by atoms with E-state index in [2.05, 4.69) is 71.0 Å². The lowest BCUT2D eigenvalue weighted by atomic mass is 10.0. The monoisotopic (exact) mass is 279 g/mol. The first-order valence-corrected chi connectivity index (χ1v) is 7.61. The predicted octanol–water partition coefficient (Wildman–Crippen LogP) is 4.91. The van der Waals surface area contributed by atoms with E-state index >= 15 is 0 Å². The number of aromatic amines is 1. The molecule has 108 valence electrons. The third-order valence-electron chi connectivity index (χ3n) is 3.83. The highest BCUT2D eigenvalue weighted by Crippen LogP contribution is 2.26. The van der Waals surface area contributed by atoms with Crippen LogP contribution in [0.25, 0.3) is 10.9 Å². The van der Waals surface area contributed by atoms with Gasteiger partial charge >= 0.3 is 0 Å². The van der Waals surface area contributed by atoms with Gasteiger partial charge in [-0.3, -0.25) is 5.10 Å². The van der Waals surface area contributed by atoms with Crippen LogP contribution in [0.15, 0.2) is 54.7 Å². The van der Waals surface area contributed by atoms with E-state index in [1.54, 1.807) is 0 Å². The molecule has 0 aliphatic rings. The average molecular weight is 279 g/mol. The summed E-state index contributed by atoms with van der Waals surface area (Å²) in [5, 5.41) is 11.9. The van der Waals surface area contributed by atoms with Gasteiger partial charge in [0.2, 0.25) is 0 Å². The standard InChI is InChI=1S/C18H21N3/c1-2-3-9-17(14-7-5-4-6-8-14)20-16-10-11-18-15(12-16)13-19-21-18/h4-8,10-13,17,20H,2-3,9H2,1H3,(H,19,21). The molecule has 0 saturated heterocycles. The lowest BCUT2D eigenvalue weighted by Gasteiger charge is -2.20. The van der Waals surface area contributed by atoms with Crippen LogP contribution in [-0.4, -0.2) is 10.2 Å². The van der Waals surface area contributed by atoms with Gasteiger partial charge in [-0.05, 0) is 30.2 Å². The lowest BCUT2D eigenvalue weighted by molar-refractivity contribution is 0.634. The Morgan fingerprint density at radius 2 is 2.00 bits per heavy atom. The Bertz CT molecular complexity index is 688. The molecule has 1 unspecified atom stereocenters. The Kier molecular flexibility index (Phi) is 4.20. The number of H-pyrrole nitrogens is 1. The second-order valence-electron chi connectivity index (χ2n) is 5.42. The van der Waals surface area contributed by atoms with Crippen LogP contribution in [0.2, 0.25) is 0 Å². The van der Waals surface area contributed by atoms with Gasteiger partial charge in [-0.1, -0.05) is 50.1 Å². The van der Waals surface area contributed by atoms with Crippen LogP contribution >= 0.6 is 0 Å². The SMILES string of the molecule is CCCCC(Nc1ccc2[nH]ncc2c1)c1ccccc1. The highest BCUT2D eigenvalue weighted by Gasteiger charge is 2.11. The van der Waals surface area contributed by atoms with Crippen molar-refractivity contribution >= 4 is 16.6 Å². The van der Waals surface area contributed by atoms with Crippen LogP contribution in [0.3, 0.4) is 0 Å². The summed E-state index contributed by atoms with van der Waals surface area (Å²) in [5.74, 6) is 0. The van der Waals surface area contributed by atoms with Gasteiger partial charge in [-0.25, -0.2) is 0 Å². The molecule has 0 bridgehead atoms. The van der Waals surface area contributed by atoms with E-state index < -0.39 is 0 Å². The molecule has 3 nitrogen and oxygen atoms in total. The van der Waals surface area contributed by atoms with Crippen molar-refractivity contribution in [1.82, 2.24) is 10.2 Å². The summed E-state index contributed by atoms with van der Waals surface area (Å²) in [6.45, 7) is 2.24. The van der Waals surface area contributed by atoms with E-state index in [1.807, 2.05) is 6.20 Å². The number of aromatic nitrogens is 2. The zero-order chi connectivity index (χ0) is 14.5. The second kappa shape index (κ2) is 6.44. The van der Waals surface area contributed by atoms with E-state index in [1.165, 1.54) is 18.4 Å². The second-order valence-corrected chi connectivity index (χ2v) is 5.42. The minimum Gasteiger partial charge on any atom is -0.378 e. The molecule has 0 aliphatic carbocycles. The van der Waals surface area contributed by atoms with Crippen molar-refractivity contribution < 1.29 is 0 Å². The Morgan fingerprint density at radius 3 is 2.81 bits per heavy atom. The lowest BCUT2D eigenvalue weighted by Crippen LogP contribution is -2.10. The van der Waals surface area contributed by atoms with Crippen LogP contribution < -0.4 is 5.32 Å². The molecule has 1 atom stereocenters. The van der Waals surface area contributed by atoms with Crippen LogP contribution in [0.5, 0.6) is 0 Å². The largest absolute Gasteiger partial charge is 0.378 e. The number of hydrogen-bond acceptors (Lipinski definition) is 2. The van der Waals surface area contributed by atoms with E-state index in [4.69, 9.17) is 0 Å². The fraction of sp³-hybridized carbons (Fsp3) is 0.278. The molecule has 1 aromatic heterocycles. The number of anilines is 1. The predicted molar refractivity (Wildman–Crippen MR) is 88.4 cm³/mol. The zero-order valence-electron chi connectivity index (χ0n) is 12.3. The van der Waals surface area contributed by atoms with Crippen LogP contribution in [0.4, 0.5) is 5.69 Å². The molecular weight excluding hydrogens is 258 g/mol. The first-order valence-electron chi connectivity index (χ1n) is 7.61. The topological polar surface area (TPSA) is 40.7 Å². The van der Waals surface area contributed by atoms with Crippen LogP contribution in [0.1, 0.15) is 37.8 Å². The number of unbranched alkanes of at least 4 members (excludes halogenated alkanes) is 1. The van der Waals surface area contributed by atoms with Gasteiger partial charge in [0.25, 0.3) is 0 Å². The maximum atomic E-state index is 4.08. The molecule has 0 spiro atoms. The number of benzene rings is 2. The number of fused-ring (bicyclic) bond motifs is 1. The van der Waals surface area contributed by atoms with Crippen molar-refractivity contribution in [3.63, 3.8) is 0 Å². The Labute approximate surface area is 125 Å². The number of hydrogen-bond donors (Lipinski definition) is 2. The molecule has 0 fully saturated rings. The molecular formula is C18H21N3. The highest BCUT2D eigenvalue weighted by atomic mass is 15.1. The summed E-state index contributed by atoms with van der Waals surface area (Å²) in [5.41, 5.74) is 3.57. The number of rotatable bonds is 6. The van der Waals surface area contributed by atoms with Gasteiger partial charge in [0.05, 0.1) is 17.8 Å². The molecule has 21 heavy (non-hydrogen) atoms. The van der Waals surface area contributed by atoms with E-state index in [-0.39, 0.29) is 0 Å². The summed E-state index contributed by atoms with van der Waals surface area (Å²) in [6, 6.07) is 17.4. The molecule has 0 radical (unpaired) electrons. The quantitative estimate of drug-likeness (QED) is 0.673. The van der Waals surface area contributed by atoms with Gasteiger partial charge < -0.3 is 5.32 Å². The van der Waals surface area contributed by atoms with Gasteiger partial charge in [-0.15, -0.1) is 0 Å². The van der Waals surface area contributed by atoms with Gasteiger partial charge in [0.1, 0.15) is 0 Å². The zero-order valence-corrected chi connectivity index (χ0v) is 12.3. The van der Waals surface area contributed by atoms with Gasteiger partial charge in [-0.2, -0.15) is 5.10 Å². The molecule has 3 aromatic rings. The third-order valence-corrected chi connectivity index (χ3v) is 3.83. The van der Waals surface area contributed by atoms with E-state index in [0.29, 0.717) is 6.04 Å². The molecule has 2 N–H and O–H groups in total. The van der Waals surface area contributed by atoms with Crippen LogP contribution in [0, 0.1) is 0 Å². The summed E-state index contributed by atoms with van der Waals surface area (Å²) in [6.07, 6.45) is 5.44. The van der Waals surface area contributed by atoms with Crippen molar-refractivity contribution in [3.05, 3.63) is 60.3 Å². The fourth-order valence-electron chi connectivity index (χ4n) is 2.65. The fourth-order valence-corrected chi connectivity index (χ4v) is 2.65. The summed E-state index contributed by atoms with van der Waals surface area (Å²) >= 11 is 0. The Balaban J connectivity index is 1.82. The molecule has 3 rings (SSSR count). The minimum absolute atomic E-state index is 0.357. The van der Waals surface area contributed by atoms with Crippen molar-refractivity contribution in [1.29, 1.82) is 0 Å². The van der Waals surface area contributed by atoms with E-state index in [0.717, 1.165) is 23.0 Å². The summed E-state index contributed by atoms with van der Waals surface area (Å²) < 4.78 is 0. The normalized spacial score (nSPS) is 12.4. The molecule has 0 saturated carbocycles. The molecule has 2 aromatic carbocycles. The van der Waals surface area contributed by atoms with Crippen molar-refractivity contribution in [2.45, 2.75) is 32.2 Å². The molecule has 3 heteroatoms. The van der Waals surface area contributed by atoms with E-state index in [9.17, 15) is 0 Å². The van der Waals surface area contributed by atoms with Crippen molar-refractivity contribution in [2.75, 3.05) is 5.32 Å². The molecule has 0 amide bonds. The molecule has 1 heterocycles. The van der Waals surface area contributed by atoms with Gasteiger partial charge in [0, 0.05) is 11.1 Å². The van der Waals surface area contributed by atoms with Crippen LogP contribution in [-0.2, 0) is 0 Å². The van der Waals surface area contributed by atoms with Crippen molar-refractivity contribution in [3.8, 4) is 0 Å². The average Bonchev–Trinajstić information content (AvgIpc) is 3.00. The number of nitrogens with zero attached hydrogens (tertiary/aromatic N) is 1. The smallest absolute Gasteiger partial charge is 0.0651 e. The number of nitrogens with one attached hydrogen (secondary N) is 2. The maximum Gasteiger partial charge on any atom is 0.0651 e. The third kappa shape index (κ3) is 3.24. The minimum atomic E-state index is 0.357. The Morgan fingerprint density at radius 1 is 1.14 bits per heavy atom. The first kappa shape index (κ1) is 13.7. The Hall–Kier alpha value is -2.29. The summed E-state index contributed by atoms with van der Waals surface area (Å²) in [7, 11) is 0. The molecule has 0 aliphatic heterocycles. The summed E-state index contributed by atoms with van der Waals surface area (Å²) in [4.78, 5) is 0. The van der Waals surface area contributed by atoms with Gasteiger partial charge in [0.15, 0.2) is 0 Å². The highest BCUT2D eigenvalue weighted by molar-refractivity contribution is 5.81. The van der Waals surface area contributed by atoms with Crippen molar-refractivity contribution in [2.24, 2.45) is 0 Å². The maximum absolute atomic E-state index is 4.08. The first-order chi connectivity index (χ1) is 10.4.